The number of benzene rings is 2. The third kappa shape index (κ3) is 5.33. The van der Waals surface area contributed by atoms with Gasteiger partial charge in [-0.05, 0) is 55.7 Å². The van der Waals surface area contributed by atoms with Gasteiger partial charge in [-0.2, -0.15) is 0 Å². The van der Waals surface area contributed by atoms with Gasteiger partial charge in [-0.15, -0.1) is 0 Å². The van der Waals surface area contributed by atoms with Gasteiger partial charge in [0.15, 0.2) is 0 Å². The molecule has 0 aliphatic carbocycles. The van der Waals surface area contributed by atoms with Crippen LogP contribution in [-0.2, 0) is 9.53 Å². The van der Waals surface area contributed by atoms with E-state index in [4.69, 9.17) is 4.74 Å². The highest BCUT2D eigenvalue weighted by Crippen LogP contribution is 2.30. The molecule has 1 saturated heterocycles. The number of piperazine rings is 1. The van der Waals surface area contributed by atoms with Crippen LogP contribution < -0.4 is 15.5 Å². The molecule has 0 aromatic heterocycles. The minimum Gasteiger partial charge on any atom is -0.463 e. The number of carbonyl (C=O) groups is 2. The molecule has 0 radical (unpaired) electrons. The average Bonchev–Trinajstić information content (AvgIpc) is 2.86. The molecule has 2 N–H and O–H groups in total. The number of urea groups is 1. The molecule has 10 heteroatoms. The van der Waals surface area contributed by atoms with Gasteiger partial charge in [-0.25, -0.2) is 9.59 Å². The number of anilines is 1. The van der Waals surface area contributed by atoms with Gasteiger partial charge >= 0.3 is 12.0 Å². The van der Waals surface area contributed by atoms with E-state index in [-0.39, 0.29) is 12.3 Å². The monoisotopic (exact) mass is 493 g/mol. The second kappa shape index (κ2) is 10.8. The number of nitro groups is 1. The van der Waals surface area contributed by atoms with Crippen LogP contribution in [0, 0.1) is 24.0 Å². The Morgan fingerprint density at radius 2 is 1.81 bits per heavy atom. The van der Waals surface area contributed by atoms with Gasteiger partial charge in [-0.1, -0.05) is 12.1 Å². The summed E-state index contributed by atoms with van der Waals surface area (Å²) in [6.07, 6.45) is 0. The van der Waals surface area contributed by atoms with E-state index >= 15 is 0 Å². The predicted molar refractivity (Wildman–Crippen MR) is 136 cm³/mol. The number of nitrogens with one attached hydrogen (secondary N) is 2. The van der Waals surface area contributed by atoms with Crippen LogP contribution in [0.5, 0.6) is 0 Å². The van der Waals surface area contributed by atoms with Crippen molar-refractivity contribution in [1.82, 2.24) is 15.5 Å². The van der Waals surface area contributed by atoms with E-state index in [0.29, 0.717) is 23.4 Å². The maximum absolute atomic E-state index is 13.0. The van der Waals surface area contributed by atoms with E-state index in [9.17, 15) is 19.7 Å². The first kappa shape index (κ1) is 25.2. The zero-order valence-corrected chi connectivity index (χ0v) is 20.7. The van der Waals surface area contributed by atoms with Gasteiger partial charge in [-0.3, -0.25) is 15.0 Å². The largest absolute Gasteiger partial charge is 0.463 e. The molecule has 1 atom stereocenters. The number of aryl methyl sites for hydroxylation is 1. The first-order valence-corrected chi connectivity index (χ1v) is 12.0. The van der Waals surface area contributed by atoms with E-state index in [1.165, 1.54) is 28.9 Å². The summed E-state index contributed by atoms with van der Waals surface area (Å²) in [7, 11) is 0. The fourth-order valence-electron chi connectivity index (χ4n) is 4.68. The Morgan fingerprint density at radius 1 is 1.11 bits per heavy atom. The normalized spacial score (nSPS) is 18.5. The minimum atomic E-state index is -0.773. The summed E-state index contributed by atoms with van der Waals surface area (Å²) in [6, 6.07) is 10.9. The third-order valence-electron chi connectivity index (χ3n) is 6.76. The Hall–Kier alpha value is -3.92. The lowest BCUT2D eigenvalue weighted by atomic mass is 9.94. The lowest BCUT2D eigenvalue weighted by Crippen LogP contribution is -2.52. The highest BCUT2D eigenvalue weighted by Gasteiger charge is 2.35. The molecule has 2 aromatic rings. The molecule has 0 saturated carbocycles. The smallest absolute Gasteiger partial charge is 0.338 e. The standard InChI is InChI=1S/C26H31N5O5/c1-4-36-25(32)23-21(27-26(33)28-24(23)19-8-10-20(11-9-19)31(34)35)16-29-12-14-30(15-13-29)22-7-5-6-17(2)18(22)3/h5-11,24H,4,12-16H2,1-3H3,(H2,27,28,33)/t24-/m1/s1. The molecule has 36 heavy (non-hydrogen) atoms. The van der Waals surface area contributed by atoms with Gasteiger partial charge in [0.1, 0.15) is 0 Å². The lowest BCUT2D eigenvalue weighted by molar-refractivity contribution is -0.384. The summed E-state index contributed by atoms with van der Waals surface area (Å²) in [5, 5.41) is 16.6. The number of hydrogen-bond acceptors (Lipinski definition) is 7. The molecule has 0 spiro atoms. The van der Waals surface area contributed by atoms with Gasteiger partial charge < -0.3 is 20.3 Å². The van der Waals surface area contributed by atoms with Crippen molar-refractivity contribution in [1.29, 1.82) is 0 Å². The topological polar surface area (TPSA) is 117 Å². The number of rotatable bonds is 7. The van der Waals surface area contributed by atoms with Gasteiger partial charge in [0.2, 0.25) is 0 Å². The number of esters is 1. The first-order valence-electron chi connectivity index (χ1n) is 12.0. The Bertz CT molecular complexity index is 1190. The van der Waals surface area contributed by atoms with Crippen LogP contribution >= 0.6 is 0 Å². The molecule has 0 unspecified atom stereocenters. The predicted octanol–water partition coefficient (Wildman–Crippen LogP) is 3.20. The molecular weight excluding hydrogens is 462 g/mol. The van der Waals surface area contributed by atoms with Crippen LogP contribution in [0.2, 0.25) is 0 Å². The lowest BCUT2D eigenvalue weighted by Gasteiger charge is -2.38. The van der Waals surface area contributed by atoms with Crippen molar-refractivity contribution in [3.05, 3.63) is 80.5 Å². The number of carbonyl (C=O) groups excluding carboxylic acids is 2. The quantitative estimate of drug-likeness (QED) is 0.346. The molecule has 1 fully saturated rings. The number of nitro benzene ring substituents is 1. The van der Waals surface area contributed by atoms with Gasteiger partial charge in [0.05, 0.1) is 23.1 Å². The fourth-order valence-corrected chi connectivity index (χ4v) is 4.68. The second-order valence-electron chi connectivity index (χ2n) is 8.98. The van der Waals surface area contributed by atoms with E-state index in [0.717, 1.165) is 26.2 Å². The van der Waals surface area contributed by atoms with E-state index < -0.39 is 23.0 Å². The number of nitrogens with zero attached hydrogens (tertiary/aromatic N) is 3. The van der Waals surface area contributed by atoms with Crippen molar-refractivity contribution in [2.45, 2.75) is 26.8 Å². The van der Waals surface area contributed by atoms with Crippen LogP contribution in [-0.4, -0.2) is 61.2 Å². The SMILES string of the molecule is CCOC(=O)C1=C(CN2CCN(c3cccc(C)c3C)CC2)NC(=O)N[C@@H]1c1ccc([N+](=O)[O-])cc1. The molecule has 2 aliphatic heterocycles. The summed E-state index contributed by atoms with van der Waals surface area (Å²) >= 11 is 0. The van der Waals surface area contributed by atoms with Crippen molar-refractivity contribution in [2.75, 3.05) is 44.2 Å². The minimum absolute atomic E-state index is 0.0670. The van der Waals surface area contributed by atoms with Crippen molar-refractivity contribution in [3.8, 4) is 0 Å². The van der Waals surface area contributed by atoms with Crippen molar-refractivity contribution < 1.29 is 19.2 Å². The molecule has 0 bridgehead atoms. The maximum atomic E-state index is 13.0. The van der Waals surface area contributed by atoms with Crippen molar-refractivity contribution in [3.63, 3.8) is 0 Å². The van der Waals surface area contributed by atoms with Crippen molar-refractivity contribution in [2.24, 2.45) is 0 Å². The van der Waals surface area contributed by atoms with Crippen LogP contribution in [0.25, 0.3) is 0 Å². The number of hydrogen-bond donors (Lipinski definition) is 2. The molecule has 2 amide bonds. The number of non-ortho nitro benzene ring substituents is 1. The van der Waals surface area contributed by atoms with E-state index in [2.05, 4.69) is 52.5 Å². The number of amides is 2. The van der Waals surface area contributed by atoms with E-state index in [1.54, 1.807) is 19.1 Å². The van der Waals surface area contributed by atoms with Gasteiger partial charge in [0, 0.05) is 56.2 Å². The zero-order chi connectivity index (χ0) is 25.8. The maximum Gasteiger partial charge on any atom is 0.338 e. The summed E-state index contributed by atoms with van der Waals surface area (Å²) in [4.78, 5) is 40.7. The second-order valence-corrected chi connectivity index (χ2v) is 8.98. The molecule has 2 aromatic carbocycles. The average molecular weight is 494 g/mol. The van der Waals surface area contributed by atoms with Crippen LogP contribution in [0.1, 0.15) is 29.7 Å². The Morgan fingerprint density at radius 3 is 2.44 bits per heavy atom. The highest BCUT2D eigenvalue weighted by atomic mass is 16.6. The van der Waals surface area contributed by atoms with Crippen LogP contribution in [0.15, 0.2) is 53.7 Å². The van der Waals surface area contributed by atoms with Gasteiger partial charge in [0.25, 0.3) is 5.69 Å². The zero-order valence-electron chi connectivity index (χ0n) is 20.7. The molecule has 2 heterocycles. The fraction of sp³-hybridized carbons (Fsp3) is 0.385. The summed E-state index contributed by atoms with van der Waals surface area (Å²) in [5.74, 6) is -0.530. The summed E-state index contributed by atoms with van der Waals surface area (Å²) in [6.45, 7) is 9.71. The Kier molecular flexibility index (Phi) is 7.54. The molecular formula is C26H31N5O5. The van der Waals surface area contributed by atoms with Crippen molar-refractivity contribution >= 4 is 23.4 Å². The van der Waals surface area contributed by atoms with Crippen LogP contribution in [0.3, 0.4) is 0 Å². The molecule has 4 rings (SSSR count). The summed E-state index contributed by atoms with van der Waals surface area (Å²) in [5.41, 5.74) is 5.06. The molecule has 190 valence electrons. The third-order valence-corrected chi connectivity index (χ3v) is 6.76. The Balaban J connectivity index is 1.57. The molecule has 2 aliphatic rings. The van der Waals surface area contributed by atoms with Crippen LogP contribution in [0.4, 0.5) is 16.2 Å². The van der Waals surface area contributed by atoms with E-state index in [1.807, 2.05) is 0 Å². The first-order chi connectivity index (χ1) is 17.3. The molecule has 10 nitrogen and oxygen atoms in total. The highest BCUT2D eigenvalue weighted by molar-refractivity contribution is 5.95. The Labute approximate surface area is 210 Å². The summed E-state index contributed by atoms with van der Waals surface area (Å²) < 4.78 is 5.33. The number of ether oxygens (including phenoxy) is 1.